The first kappa shape index (κ1) is 21.2. The summed E-state index contributed by atoms with van der Waals surface area (Å²) in [6.07, 6.45) is 7.56. The Hall–Kier alpha value is -4.09. The van der Waals surface area contributed by atoms with Crippen molar-refractivity contribution in [2.75, 3.05) is 5.32 Å². The Morgan fingerprint density at radius 1 is 0.812 bits per heavy atom. The van der Waals surface area contributed by atoms with Crippen molar-refractivity contribution in [3.63, 3.8) is 0 Å². The van der Waals surface area contributed by atoms with Gasteiger partial charge in [0.15, 0.2) is 5.78 Å². The van der Waals surface area contributed by atoms with Crippen molar-refractivity contribution in [2.24, 2.45) is 0 Å². The predicted molar refractivity (Wildman–Crippen MR) is 125 cm³/mol. The van der Waals surface area contributed by atoms with Gasteiger partial charge in [-0.25, -0.2) is 0 Å². The zero-order valence-corrected chi connectivity index (χ0v) is 17.6. The molecule has 0 fully saturated rings. The number of ketones is 1. The lowest BCUT2D eigenvalue weighted by Crippen LogP contribution is -2.07. The average molecular weight is 444 g/mol. The van der Waals surface area contributed by atoms with Gasteiger partial charge in [0.2, 0.25) is 5.91 Å². The fourth-order valence-corrected chi connectivity index (χ4v) is 3.04. The Balaban J connectivity index is 1.35. The molecule has 1 amide bonds. The first-order valence-corrected chi connectivity index (χ1v) is 10.2. The molecule has 0 unspecified atom stereocenters. The van der Waals surface area contributed by atoms with Crippen molar-refractivity contribution in [3.8, 4) is 11.3 Å². The van der Waals surface area contributed by atoms with Crippen LogP contribution >= 0.6 is 11.6 Å². The van der Waals surface area contributed by atoms with E-state index in [4.69, 9.17) is 20.4 Å². The molecule has 2 aromatic heterocycles. The second kappa shape index (κ2) is 9.81. The molecule has 0 spiro atoms. The summed E-state index contributed by atoms with van der Waals surface area (Å²) in [5, 5.41) is 3.38. The Bertz CT molecular complexity index is 1260. The number of hydrogen-bond donors (Lipinski definition) is 1. The molecule has 4 aromatic rings. The van der Waals surface area contributed by atoms with Crippen LogP contribution in [0.3, 0.4) is 0 Å². The molecule has 5 nitrogen and oxygen atoms in total. The van der Waals surface area contributed by atoms with Crippen LogP contribution in [0.4, 0.5) is 5.69 Å². The highest BCUT2D eigenvalue weighted by Gasteiger charge is 2.06. The van der Waals surface area contributed by atoms with Gasteiger partial charge in [0.25, 0.3) is 0 Å². The fourth-order valence-electron chi connectivity index (χ4n) is 2.91. The van der Waals surface area contributed by atoms with Gasteiger partial charge in [-0.2, -0.15) is 0 Å². The molecule has 0 saturated carbocycles. The summed E-state index contributed by atoms with van der Waals surface area (Å²) in [5.74, 6) is 1.37. The van der Waals surface area contributed by atoms with Crippen LogP contribution in [0.15, 0.2) is 100 Å². The standard InChI is InChI=1S/C26H18ClNO4/c27-20-7-3-19(4-8-20)25-15-12-23(32-25)11-14-24(29)18-5-9-21(10-6-18)28-26(30)16-13-22-2-1-17-31-22/h1-17H,(H,28,30)/b14-11+,16-13+. The Kier molecular flexibility index (Phi) is 6.49. The molecular formula is C26H18ClNO4. The number of anilines is 1. The molecule has 32 heavy (non-hydrogen) atoms. The van der Waals surface area contributed by atoms with Crippen molar-refractivity contribution < 1.29 is 18.4 Å². The van der Waals surface area contributed by atoms with Crippen LogP contribution < -0.4 is 5.32 Å². The van der Waals surface area contributed by atoms with E-state index in [-0.39, 0.29) is 11.7 Å². The topological polar surface area (TPSA) is 72.5 Å². The number of benzene rings is 2. The maximum absolute atomic E-state index is 12.4. The lowest BCUT2D eigenvalue weighted by atomic mass is 10.1. The van der Waals surface area contributed by atoms with E-state index >= 15 is 0 Å². The monoisotopic (exact) mass is 443 g/mol. The highest BCUT2D eigenvalue weighted by molar-refractivity contribution is 6.30. The van der Waals surface area contributed by atoms with Crippen LogP contribution in [0.5, 0.6) is 0 Å². The number of carbonyl (C=O) groups is 2. The van der Waals surface area contributed by atoms with E-state index in [2.05, 4.69) is 5.32 Å². The van der Waals surface area contributed by atoms with Crippen LogP contribution in [-0.4, -0.2) is 11.7 Å². The summed E-state index contributed by atoms with van der Waals surface area (Å²) < 4.78 is 10.9. The molecule has 0 saturated heterocycles. The van der Waals surface area contributed by atoms with Crippen LogP contribution in [0.2, 0.25) is 5.02 Å². The van der Waals surface area contributed by atoms with Gasteiger partial charge in [-0.15, -0.1) is 0 Å². The summed E-state index contributed by atoms with van der Waals surface area (Å²) >= 11 is 5.91. The summed E-state index contributed by atoms with van der Waals surface area (Å²) in [4.78, 5) is 24.4. The van der Waals surface area contributed by atoms with Crippen molar-refractivity contribution in [2.45, 2.75) is 0 Å². The molecule has 0 radical (unpaired) electrons. The van der Waals surface area contributed by atoms with Gasteiger partial charge in [0, 0.05) is 27.9 Å². The van der Waals surface area contributed by atoms with Crippen LogP contribution in [-0.2, 0) is 4.79 Å². The molecule has 6 heteroatoms. The van der Waals surface area contributed by atoms with Gasteiger partial charge in [0.05, 0.1) is 6.26 Å². The van der Waals surface area contributed by atoms with Crippen molar-refractivity contribution in [1.29, 1.82) is 0 Å². The first-order valence-electron chi connectivity index (χ1n) is 9.78. The number of allylic oxidation sites excluding steroid dienone is 1. The van der Waals surface area contributed by atoms with E-state index in [1.807, 2.05) is 18.2 Å². The second-order valence-electron chi connectivity index (χ2n) is 6.82. The molecule has 0 bridgehead atoms. The molecule has 1 N–H and O–H groups in total. The molecular weight excluding hydrogens is 426 g/mol. The number of rotatable bonds is 7. The Morgan fingerprint density at radius 3 is 2.28 bits per heavy atom. The molecule has 0 aliphatic rings. The molecule has 2 aromatic carbocycles. The summed E-state index contributed by atoms with van der Waals surface area (Å²) in [5.41, 5.74) is 1.98. The fraction of sp³-hybridized carbons (Fsp3) is 0. The molecule has 0 aliphatic heterocycles. The average Bonchev–Trinajstić information content (AvgIpc) is 3.49. The third-order valence-electron chi connectivity index (χ3n) is 4.53. The summed E-state index contributed by atoms with van der Waals surface area (Å²) in [6.45, 7) is 0. The van der Waals surface area contributed by atoms with Gasteiger partial charge in [0.1, 0.15) is 17.3 Å². The van der Waals surface area contributed by atoms with Crippen LogP contribution in [0.25, 0.3) is 23.5 Å². The molecule has 2 heterocycles. The molecule has 158 valence electrons. The highest BCUT2D eigenvalue weighted by atomic mass is 35.5. The zero-order chi connectivity index (χ0) is 22.3. The number of hydrogen-bond acceptors (Lipinski definition) is 4. The van der Waals surface area contributed by atoms with E-state index in [9.17, 15) is 9.59 Å². The SMILES string of the molecule is O=C(/C=C/c1ccco1)Nc1ccc(C(=O)/C=C/c2ccc(-c3ccc(Cl)cc3)o2)cc1. The van der Waals surface area contributed by atoms with Gasteiger partial charge in [-0.05, 0) is 91.0 Å². The van der Waals surface area contributed by atoms with Gasteiger partial charge < -0.3 is 14.2 Å². The van der Waals surface area contributed by atoms with Crippen LogP contribution in [0.1, 0.15) is 21.9 Å². The van der Waals surface area contributed by atoms with Crippen molar-refractivity contribution >= 4 is 41.1 Å². The quantitative estimate of drug-likeness (QED) is 0.253. The molecule has 4 rings (SSSR count). The normalized spacial score (nSPS) is 11.3. The first-order chi connectivity index (χ1) is 15.6. The highest BCUT2D eigenvalue weighted by Crippen LogP contribution is 2.24. The van der Waals surface area contributed by atoms with E-state index in [1.54, 1.807) is 66.7 Å². The van der Waals surface area contributed by atoms with E-state index in [1.165, 1.54) is 18.4 Å². The summed E-state index contributed by atoms with van der Waals surface area (Å²) in [7, 11) is 0. The minimum Gasteiger partial charge on any atom is -0.465 e. The Morgan fingerprint density at radius 2 is 1.56 bits per heavy atom. The second-order valence-corrected chi connectivity index (χ2v) is 7.26. The molecule has 0 atom stereocenters. The lowest BCUT2D eigenvalue weighted by molar-refractivity contribution is -0.111. The van der Waals surface area contributed by atoms with E-state index in [0.717, 1.165) is 5.56 Å². The minimum atomic E-state index is -0.297. The van der Waals surface area contributed by atoms with Crippen molar-refractivity contribution in [3.05, 3.63) is 113 Å². The smallest absolute Gasteiger partial charge is 0.248 e. The van der Waals surface area contributed by atoms with Gasteiger partial charge in [-0.3, -0.25) is 9.59 Å². The third kappa shape index (κ3) is 5.53. The van der Waals surface area contributed by atoms with Crippen molar-refractivity contribution in [1.82, 2.24) is 0 Å². The molecule has 0 aliphatic carbocycles. The number of amides is 1. The Labute approximate surface area is 189 Å². The predicted octanol–water partition coefficient (Wildman–Crippen LogP) is 6.74. The van der Waals surface area contributed by atoms with Gasteiger partial charge in [-0.1, -0.05) is 11.6 Å². The third-order valence-corrected chi connectivity index (χ3v) is 4.79. The minimum absolute atomic E-state index is 0.176. The largest absolute Gasteiger partial charge is 0.465 e. The maximum Gasteiger partial charge on any atom is 0.248 e. The lowest BCUT2D eigenvalue weighted by Gasteiger charge is -2.03. The number of halogens is 1. The number of nitrogens with one attached hydrogen (secondary N) is 1. The van der Waals surface area contributed by atoms with Gasteiger partial charge >= 0.3 is 0 Å². The maximum atomic E-state index is 12.4. The van der Waals surface area contributed by atoms with Crippen LogP contribution in [0, 0.1) is 0 Å². The van der Waals surface area contributed by atoms with E-state index < -0.39 is 0 Å². The zero-order valence-electron chi connectivity index (χ0n) is 16.8. The number of carbonyl (C=O) groups excluding carboxylic acids is 2. The number of furan rings is 2. The van der Waals surface area contributed by atoms with E-state index in [0.29, 0.717) is 33.6 Å². The summed E-state index contributed by atoms with van der Waals surface area (Å²) in [6, 6.07) is 21.1.